The van der Waals surface area contributed by atoms with Gasteiger partial charge < -0.3 is 29.9 Å². The highest BCUT2D eigenvalue weighted by Gasteiger charge is 2.47. The Morgan fingerprint density at radius 3 is 2.33 bits per heavy atom. The molecule has 4 N–H and O–H groups in total. The molecule has 0 aromatic rings. The maximum atomic E-state index is 10.6. The summed E-state index contributed by atoms with van der Waals surface area (Å²) in [5.41, 5.74) is 0. The van der Waals surface area contributed by atoms with E-state index in [0.29, 0.717) is 0 Å². The summed E-state index contributed by atoms with van der Waals surface area (Å²) < 4.78 is 9.69. The fourth-order valence-corrected chi connectivity index (χ4v) is 1.35. The second-order valence-electron chi connectivity index (χ2n) is 3.19. The molecule has 1 aliphatic heterocycles. The van der Waals surface area contributed by atoms with Gasteiger partial charge >= 0.3 is 5.97 Å². The molecule has 7 heteroatoms. The van der Waals surface area contributed by atoms with Gasteiger partial charge in [0, 0.05) is 6.61 Å². The molecule has 2 unspecified atom stereocenters. The Bertz CT molecular complexity index is 231. The minimum atomic E-state index is -1.67. The molecule has 1 saturated heterocycles. The average Bonchev–Trinajstić information content (AvgIpc) is 2.18. The van der Waals surface area contributed by atoms with E-state index < -0.39 is 36.7 Å². The van der Waals surface area contributed by atoms with Crippen molar-refractivity contribution in [1.82, 2.24) is 0 Å². The summed E-state index contributed by atoms with van der Waals surface area (Å²) in [5.74, 6) is -1.42. The number of carboxylic acid groups (broad SMARTS) is 1. The van der Waals surface area contributed by atoms with E-state index in [1.807, 2.05) is 0 Å². The number of aliphatic carboxylic acids is 1. The minimum Gasteiger partial charge on any atom is -0.479 e. The van der Waals surface area contributed by atoms with E-state index in [1.165, 1.54) is 0 Å². The van der Waals surface area contributed by atoms with Crippen molar-refractivity contribution in [1.29, 1.82) is 0 Å². The molecule has 0 amide bonds. The molecule has 1 fully saturated rings. The Hall–Kier alpha value is -0.730. The molecular weight excluding hydrogens is 208 g/mol. The highest BCUT2D eigenvalue weighted by Crippen LogP contribution is 2.22. The zero-order valence-corrected chi connectivity index (χ0v) is 8.11. The van der Waals surface area contributed by atoms with Crippen molar-refractivity contribution in [2.75, 3.05) is 6.61 Å². The quantitative estimate of drug-likeness (QED) is 0.432. The van der Waals surface area contributed by atoms with Gasteiger partial charge in [-0.15, -0.1) is 0 Å². The molecule has 0 spiro atoms. The predicted molar refractivity (Wildman–Crippen MR) is 45.9 cm³/mol. The third kappa shape index (κ3) is 2.44. The Morgan fingerprint density at radius 2 is 1.87 bits per heavy atom. The van der Waals surface area contributed by atoms with Crippen LogP contribution in [0, 0.1) is 0 Å². The molecule has 7 nitrogen and oxygen atoms in total. The lowest BCUT2D eigenvalue weighted by atomic mass is 9.99. The smallest absolute Gasteiger partial charge is 0.335 e. The molecular formula is C8H14O7. The van der Waals surface area contributed by atoms with E-state index in [9.17, 15) is 20.1 Å². The average molecular weight is 222 g/mol. The minimum absolute atomic E-state index is 0.191. The standard InChI is InChI=1S/C8H14O7/c1-2-14-8-5(11)3(9)4(10)6(15-8)7(12)13/h3-6,8-11H,2H2,1H3,(H,12,13)/t3-,4-,5?,6?,8+/m0/s1. The van der Waals surface area contributed by atoms with Crippen LogP contribution in [-0.2, 0) is 14.3 Å². The van der Waals surface area contributed by atoms with Gasteiger partial charge in [0.15, 0.2) is 12.4 Å². The van der Waals surface area contributed by atoms with Crippen LogP contribution in [0.5, 0.6) is 0 Å². The molecule has 0 aromatic carbocycles. The van der Waals surface area contributed by atoms with Gasteiger partial charge in [0.05, 0.1) is 0 Å². The molecule has 0 saturated carbocycles. The highest BCUT2D eigenvalue weighted by atomic mass is 16.7. The largest absolute Gasteiger partial charge is 0.479 e. The normalized spacial score (nSPS) is 41.5. The molecule has 1 aliphatic rings. The first-order valence-electron chi connectivity index (χ1n) is 4.53. The van der Waals surface area contributed by atoms with Gasteiger partial charge in [0.2, 0.25) is 0 Å². The topological polar surface area (TPSA) is 116 Å². The van der Waals surface area contributed by atoms with E-state index in [2.05, 4.69) is 0 Å². The maximum Gasteiger partial charge on any atom is 0.335 e. The van der Waals surface area contributed by atoms with Crippen LogP contribution in [0.3, 0.4) is 0 Å². The third-order valence-corrected chi connectivity index (χ3v) is 2.14. The Morgan fingerprint density at radius 1 is 1.27 bits per heavy atom. The van der Waals surface area contributed by atoms with E-state index in [4.69, 9.17) is 14.6 Å². The highest BCUT2D eigenvalue weighted by molar-refractivity contribution is 5.73. The van der Waals surface area contributed by atoms with Gasteiger partial charge in [-0.2, -0.15) is 0 Å². The monoisotopic (exact) mass is 222 g/mol. The fourth-order valence-electron chi connectivity index (χ4n) is 1.35. The molecule has 0 aliphatic carbocycles. The van der Waals surface area contributed by atoms with Crippen LogP contribution in [0.2, 0.25) is 0 Å². The van der Waals surface area contributed by atoms with E-state index in [1.54, 1.807) is 6.92 Å². The van der Waals surface area contributed by atoms with Gasteiger partial charge in [-0.05, 0) is 6.92 Å². The van der Waals surface area contributed by atoms with E-state index >= 15 is 0 Å². The molecule has 0 aromatic heterocycles. The van der Waals surface area contributed by atoms with Crippen molar-refractivity contribution in [2.24, 2.45) is 0 Å². The molecule has 1 rings (SSSR count). The second-order valence-corrected chi connectivity index (χ2v) is 3.19. The van der Waals surface area contributed by atoms with Gasteiger partial charge in [-0.3, -0.25) is 0 Å². The zero-order valence-electron chi connectivity index (χ0n) is 8.11. The Kier molecular flexibility index (Phi) is 4.00. The Balaban J connectivity index is 2.75. The van der Waals surface area contributed by atoms with Gasteiger partial charge in [-0.1, -0.05) is 0 Å². The lowest BCUT2D eigenvalue weighted by Crippen LogP contribution is -2.60. The number of hydrogen-bond donors (Lipinski definition) is 4. The number of rotatable bonds is 3. The summed E-state index contributed by atoms with van der Waals surface area (Å²) in [6.45, 7) is 1.82. The van der Waals surface area contributed by atoms with E-state index in [0.717, 1.165) is 0 Å². The number of ether oxygens (including phenoxy) is 2. The van der Waals surface area contributed by atoms with Gasteiger partial charge in [0.25, 0.3) is 0 Å². The lowest BCUT2D eigenvalue weighted by Gasteiger charge is -2.38. The zero-order chi connectivity index (χ0) is 11.6. The van der Waals surface area contributed by atoms with Crippen LogP contribution in [0.15, 0.2) is 0 Å². The molecule has 1 heterocycles. The van der Waals surface area contributed by atoms with Crippen LogP contribution in [0.1, 0.15) is 6.92 Å². The van der Waals surface area contributed by atoms with Crippen molar-refractivity contribution in [3.8, 4) is 0 Å². The first kappa shape index (κ1) is 12.3. The summed E-state index contributed by atoms with van der Waals surface area (Å²) >= 11 is 0. The summed E-state index contributed by atoms with van der Waals surface area (Å²) in [7, 11) is 0. The lowest BCUT2D eigenvalue weighted by molar-refractivity contribution is -0.292. The summed E-state index contributed by atoms with van der Waals surface area (Å²) in [4.78, 5) is 10.6. The van der Waals surface area contributed by atoms with Gasteiger partial charge in [0.1, 0.15) is 18.3 Å². The third-order valence-electron chi connectivity index (χ3n) is 2.14. The molecule has 15 heavy (non-hydrogen) atoms. The van der Waals surface area contributed by atoms with Crippen molar-refractivity contribution < 1.29 is 34.7 Å². The first-order valence-corrected chi connectivity index (χ1v) is 4.53. The fraction of sp³-hybridized carbons (Fsp3) is 0.875. The van der Waals surface area contributed by atoms with Crippen molar-refractivity contribution in [3.63, 3.8) is 0 Å². The molecule has 88 valence electrons. The van der Waals surface area contributed by atoms with Crippen LogP contribution in [0.4, 0.5) is 0 Å². The van der Waals surface area contributed by atoms with Crippen molar-refractivity contribution in [2.45, 2.75) is 37.6 Å². The van der Waals surface area contributed by atoms with Crippen LogP contribution >= 0.6 is 0 Å². The first-order chi connectivity index (χ1) is 6.99. The number of carbonyl (C=O) groups is 1. The molecule has 5 atom stereocenters. The number of aliphatic hydroxyl groups is 3. The summed E-state index contributed by atoms with van der Waals surface area (Å²) in [6.07, 6.45) is -7.57. The predicted octanol–water partition coefficient (Wildman–Crippen LogP) is -2.08. The maximum absolute atomic E-state index is 10.6. The Labute approximate surface area is 85.9 Å². The molecule has 0 radical (unpaired) electrons. The second kappa shape index (κ2) is 4.86. The number of aliphatic hydroxyl groups excluding tert-OH is 3. The van der Waals surface area contributed by atoms with Gasteiger partial charge in [-0.25, -0.2) is 4.79 Å². The molecule has 0 bridgehead atoms. The number of carboxylic acids is 1. The number of hydrogen-bond acceptors (Lipinski definition) is 6. The van der Waals surface area contributed by atoms with Crippen LogP contribution in [-0.4, -0.2) is 63.7 Å². The van der Waals surface area contributed by atoms with E-state index in [-0.39, 0.29) is 6.61 Å². The summed E-state index contributed by atoms with van der Waals surface area (Å²) in [5, 5.41) is 36.7. The van der Waals surface area contributed by atoms with Crippen molar-refractivity contribution >= 4 is 5.97 Å². The van der Waals surface area contributed by atoms with Crippen LogP contribution < -0.4 is 0 Å². The summed E-state index contributed by atoms with van der Waals surface area (Å²) in [6, 6.07) is 0. The van der Waals surface area contributed by atoms with Crippen molar-refractivity contribution in [3.05, 3.63) is 0 Å². The van der Waals surface area contributed by atoms with Crippen LogP contribution in [0.25, 0.3) is 0 Å². The SMILES string of the molecule is CCO[C@@H]1OC(C(=O)O)[C@@H](O)[C@H](O)C1O.